The molecule has 0 aromatic heterocycles. The number of benzene rings is 2. The highest BCUT2D eigenvalue weighted by atomic mass is 16.5. The molecular weight excluding hydrogens is 224 g/mol. The Hall–Kier alpha value is -2.16. The molecule has 3 heteroatoms. The van der Waals surface area contributed by atoms with Crippen molar-refractivity contribution in [3.05, 3.63) is 48.0 Å². The Morgan fingerprint density at radius 3 is 2.83 bits per heavy atom. The number of nitrogens with zero attached hydrogens (tertiary/aromatic N) is 1. The Kier molecular flexibility index (Phi) is 2.59. The molecule has 2 N–H and O–H groups in total. The molecule has 0 unspecified atom stereocenters. The van der Waals surface area contributed by atoms with Crippen LogP contribution in [-0.4, -0.2) is 13.7 Å². The van der Waals surface area contributed by atoms with Crippen LogP contribution in [0.15, 0.2) is 42.5 Å². The molecule has 2 aromatic carbocycles. The average molecular weight is 240 g/mol. The summed E-state index contributed by atoms with van der Waals surface area (Å²) >= 11 is 0. The van der Waals surface area contributed by atoms with Gasteiger partial charge in [0, 0.05) is 24.0 Å². The molecule has 0 saturated heterocycles. The third kappa shape index (κ3) is 1.68. The summed E-state index contributed by atoms with van der Waals surface area (Å²) in [6.07, 6.45) is 1.09. The zero-order valence-corrected chi connectivity index (χ0v) is 10.4. The van der Waals surface area contributed by atoms with Crippen molar-refractivity contribution in [2.75, 3.05) is 24.3 Å². The van der Waals surface area contributed by atoms with E-state index in [1.54, 1.807) is 7.11 Å². The van der Waals surface area contributed by atoms with Crippen molar-refractivity contribution in [2.24, 2.45) is 0 Å². The molecule has 92 valence electrons. The van der Waals surface area contributed by atoms with Crippen LogP contribution in [0.2, 0.25) is 0 Å². The Bertz CT molecular complexity index is 580. The highest BCUT2D eigenvalue weighted by molar-refractivity contribution is 5.73. The standard InChI is InChI=1S/C15H16N2O/c1-18-15-10-12(6-7-13(15)16)17-9-8-11-4-2-3-5-14(11)17/h2-7,10H,8-9,16H2,1H3. The summed E-state index contributed by atoms with van der Waals surface area (Å²) in [5.41, 5.74) is 10.3. The molecule has 1 aliphatic rings. The van der Waals surface area contributed by atoms with Gasteiger partial charge in [0.25, 0.3) is 0 Å². The van der Waals surface area contributed by atoms with Crippen molar-refractivity contribution in [3.63, 3.8) is 0 Å². The van der Waals surface area contributed by atoms with Gasteiger partial charge in [-0.3, -0.25) is 0 Å². The molecule has 0 saturated carbocycles. The molecule has 3 rings (SSSR count). The fraction of sp³-hybridized carbons (Fsp3) is 0.200. The summed E-state index contributed by atoms with van der Waals surface area (Å²) in [4.78, 5) is 2.30. The van der Waals surface area contributed by atoms with Gasteiger partial charge in [-0.25, -0.2) is 0 Å². The molecule has 0 amide bonds. The SMILES string of the molecule is COc1cc(N2CCc3ccccc32)ccc1N. The number of rotatable bonds is 2. The Labute approximate surface area is 107 Å². The molecule has 18 heavy (non-hydrogen) atoms. The minimum absolute atomic E-state index is 0.675. The van der Waals surface area contributed by atoms with E-state index in [0.717, 1.165) is 24.4 Å². The predicted molar refractivity (Wildman–Crippen MR) is 74.6 cm³/mol. The number of nitrogens with two attached hydrogens (primary N) is 1. The van der Waals surface area contributed by atoms with Gasteiger partial charge in [-0.1, -0.05) is 18.2 Å². The first-order valence-corrected chi connectivity index (χ1v) is 6.08. The van der Waals surface area contributed by atoms with E-state index in [4.69, 9.17) is 10.5 Å². The van der Waals surface area contributed by atoms with E-state index in [1.165, 1.54) is 11.3 Å². The smallest absolute Gasteiger partial charge is 0.143 e. The molecule has 0 aliphatic carbocycles. The maximum atomic E-state index is 5.85. The summed E-state index contributed by atoms with van der Waals surface area (Å²) in [6.45, 7) is 1.01. The van der Waals surface area contributed by atoms with Crippen molar-refractivity contribution in [1.29, 1.82) is 0 Å². The maximum Gasteiger partial charge on any atom is 0.143 e. The van der Waals surface area contributed by atoms with Crippen LogP contribution in [0.5, 0.6) is 5.75 Å². The molecule has 0 atom stereocenters. The average Bonchev–Trinajstić information content (AvgIpc) is 2.83. The van der Waals surface area contributed by atoms with Gasteiger partial charge in [0.2, 0.25) is 0 Å². The summed E-state index contributed by atoms with van der Waals surface area (Å²) < 4.78 is 5.28. The van der Waals surface area contributed by atoms with Gasteiger partial charge in [0.1, 0.15) is 5.75 Å². The third-order valence-corrected chi connectivity index (χ3v) is 3.42. The summed E-state index contributed by atoms with van der Waals surface area (Å²) in [5, 5.41) is 0. The largest absolute Gasteiger partial charge is 0.495 e. The predicted octanol–water partition coefficient (Wildman–Crippen LogP) is 2.97. The van der Waals surface area contributed by atoms with Crippen molar-refractivity contribution in [2.45, 2.75) is 6.42 Å². The molecule has 1 aliphatic heterocycles. The maximum absolute atomic E-state index is 5.85. The second-order valence-electron chi connectivity index (χ2n) is 4.46. The fourth-order valence-corrected chi connectivity index (χ4v) is 2.47. The number of hydrogen-bond donors (Lipinski definition) is 1. The van der Waals surface area contributed by atoms with E-state index in [9.17, 15) is 0 Å². The topological polar surface area (TPSA) is 38.5 Å². The number of anilines is 3. The Balaban J connectivity index is 2.02. The van der Waals surface area contributed by atoms with E-state index in [2.05, 4.69) is 29.2 Å². The first-order valence-electron chi connectivity index (χ1n) is 6.08. The van der Waals surface area contributed by atoms with Gasteiger partial charge in [-0.05, 0) is 30.2 Å². The molecule has 0 fully saturated rings. The molecule has 0 radical (unpaired) electrons. The summed E-state index contributed by atoms with van der Waals surface area (Å²) in [6, 6.07) is 14.4. The molecule has 1 heterocycles. The van der Waals surface area contributed by atoms with Gasteiger partial charge < -0.3 is 15.4 Å². The normalized spacial score (nSPS) is 13.5. The fourth-order valence-electron chi connectivity index (χ4n) is 2.47. The van der Waals surface area contributed by atoms with Gasteiger partial charge in [-0.15, -0.1) is 0 Å². The van der Waals surface area contributed by atoms with Crippen molar-refractivity contribution >= 4 is 17.1 Å². The number of ether oxygens (including phenoxy) is 1. The zero-order chi connectivity index (χ0) is 12.5. The van der Waals surface area contributed by atoms with Crippen molar-refractivity contribution < 1.29 is 4.74 Å². The third-order valence-electron chi connectivity index (χ3n) is 3.42. The van der Waals surface area contributed by atoms with Crippen LogP contribution < -0.4 is 15.4 Å². The van der Waals surface area contributed by atoms with Crippen LogP contribution in [0.1, 0.15) is 5.56 Å². The first kappa shape index (κ1) is 11.0. The second kappa shape index (κ2) is 4.26. The van der Waals surface area contributed by atoms with Crippen molar-refractivity contribution in [1.82, 2.24) is 0 Å². The van der Waals surface area contributed by atoms with E-state index in [1.807, 2.05) is 18.2 Å². The lowest BCUT2D eigenvalue weighted by Gasteiger charge is -2.20. The Morgan fingerprint density at radius 2 is 2.00 bits per heavy atom. The lowest BCUT2D eigenvalue weighted by molar-refractivity contribution is 0.417. The van der Waals surface area contributed by atoms with Crippen LogP contribution in [0, 0.1) is 0 Å². The van der Waals surface area contributed by atoms with Gasteiger partial charge in [-0.2, -0.15) is 0 Å². The van der Waals surface area contributed by atoms with Crippen LogP contribution in [0.3, 0.4) is 0 Å². The highest BCUT2D eigenvalue weighted by Crippen LogP contribution is 2.36. The number of nitrogen functional groups attached to an aromatic ring is 1. The zero-order valence-electron chi connectivity index (χ0n) is 10.4. The molecule has 2 aromatic rings. The number of hydrogen-bond acceptors (Lipinski definition) is 3. The van der Waals surface area contributed by atoms with Gasteiger partial charge >= 0.3 is 0 Å². The number of fused-ring (bicyclic) bond motifs is 1. The lowest BCUT2D eigenvalue weighted by Crippen LogP contribution is -2.13. The minimum atomic E-state index is 0.675. The van der Waals surface area contributed by atoms with Crippen LogP contribution >= 0.6 is 0 Å². The van der Waals surface area contributed by atoms with E-state index in [-0.39, 0.29) is 0 Å². The number of methoxy groups -OCH3 is 1. The highest BCUT2D eigenvalue weighted by Gasteiger charge is 2.20. The quantitative estimate of drug-likeness (QED) is 0.820. The molecule has 0 spiro atoms. The van der Waals surface area contributed by atoms with E-state index >= 15 is 0 Å². The molecule has 3 nitrogen and oxygen atoms in total. The molecule has 0 bridgehead atoms. The van der Waals surface area contributed by atoms with Gasteiger partial charge in [0.05, 0.1) is 12.8 Å². The van der Waals surface area contributed by atoms with E-state index < -0.39 is 0 Å². The van der Waals surface area contributed by atoms with Crippen LogP contribution in [0.25, 0.3) is 0 Å². The first-order chi connectivity index (χ1) is 8.79. The monoisotopic (exact) mass is 240 g/mol. The van der Waals surface area contributed by atoms with Crippen LogP contribution in [0.4, 0.5) is 17.1 Å². The minimum Gasteiger partial charge on any atom is -0.495 e. The van der Waals surface area contributed by atoms with Crippen molar-refractivity contribution in [3.8, 4) is 5.75 Å². The van der Waals surface area contributed by atoms with Crippen LogP contribution in [-0.2, 0) is 6.42 Å². The molecular formula is C15H16N2O. The summed E-state index contributed by atoms with van der Waals surface area (Å²) in [7, 11) is 1.65. The lowest BCUT2D eigenvalue weighted by atomic mass is 10.2. The van der Waals surface area contributed by atoms with Gasteiger partial charge in [0.15, 0.2) is 0 Å². The second-order valence-corrected chi connectivity index (χ2v) is 4.46. The van der Waals surface area contributed by atoms with E-state index in [0.29, 0.717) is 5.69 Å². The summed E-state index contributed by atoms with van der Waals surface area (Å²) in [5.74, 6) is 0.733. The number of para-hydroxylation sites is 1. The Morgan fingerprint density at radius 1 is 1.17 bits per heavy atom.